The Morgan fingerprint density at radius 3 is 2.09 bits per heavy atom. The van der Waals surface area contributed by atoms with Crippen LogP contribution in [0.2, 0.25) is 0 Å². The van der Waals surface area contributed by atoms with Crippen molar-refractivity contribution in [1.29, 1.82) is 0 Å². The zero-order chi connectivity index (χ0) is 22.5. The van der Waals surface area contributed by atoms with Crippen LogP contribution in [-0.2, 0) is 6.42 Å². The van der Waals surface area contributed by atoms with E-state index in [0.29, 0.717) is 5.13 Å². The van der Waals surface area contributed by atoms with Gasteiger partial charge in [-0.25, -0.2) is 4.98 Å². The zero-order valence-electron chi connectivity index (χ0n) is 18.4. The first kappa shape index (κ1) is 21.7. The maximum Gasteiger partial charge on any atom is 0.180 e. The van der Waals surface area contributed by atoms with Crippen molar-refractivity contribution < 1.29 is 14.2 Å². The van der Waals surface area contributed by atoms with Crippen molar-refractivity contribution in [3.63, 3.8) is 0 Å². The lowest BCUT2D eigenvalue weighted by Gasteiger charge is -2.17. The number of nitrogens with two attached hydrogens (primary N) is 1. The Morgan fingerprint density at radius 2 is 1.50 bits per heavy atom. The van der Waals surface area contributed by atoms with Crippen molar-refractivity contribution in [1.82, 2.24) is 4.98 Å². The van der Waals surface area contributed by atoms with Gasteiger partial charge in [0.05, 0.1) is 27.0 Å². The van der Waals surface area contributed by atoms with Crippen molar-refractivity contribution in [2.24, 2.45) is 0 Å². The second-order valence-electron chi connectivity index (χ2n) is 7.41. The molecule has 0 aliphatic carbocycles. The highest BCUT2D eigenvalue weighted by Gasteiger charge is 2.18. The van der Waals surface area contributed by atoms with Crippen LogP contribution in [0.25, 0.3) is 11.1 Å². The summed E-state index contributed by atoms with van der Waals surface area (Å²) in [4.78, 5) is 4.57. The molecule has 0 bridgehead atoms. The molecule has 1 unspecified atom stereocenters. The van der Waals surface area contributed by atoms with Crippen molar-refractivity contribution in [2.75, 3.05) is 27.1 Å². The first-order chi connectivity index (χ1) is 15.6. The third-order valence-corrected chi connectivity index (χ3v) is 6.22. The molecule has 32 heavy (non-hydrogen) atoms. The van der Waals surface area contributed by atoms with E-state index in [4.69, 9.17) is 19.9 Å². The minimum absolute atomic E-state index is 0.112. The predicted molar refractivity (Wildman–Crippen MR) is 130 cm³/mol. The monoisotopic (exact) mass is 446 g/mol. The Bertz CT molecular complexity index is 1170. The van der Waals surface area contributed by atoms with Gasteiger partial charge in [-0.2, -0.15) is 0 Å². The minimum atomic E-state index is 0.112. The molecule has 4 aromatic rings. The fraction of sp³-hybridized carbons (Fsp3) is 0.192. The van der Waals surface area contributed by atoms with Crippen LogP contribution in [0, 0.1) is 0 Å². The number of benzene rings is 3. The van der Waals surface area contributed by atoms with Gasteiger partial charge in [-0.1, -0.05) is 42.5 Å². The largest absolute Gasteiger partial charge is 0.497 e. The van der Waals surface area contributed by atoms with Crippen LogP contribution in [0.5, 0.6) is 17.2 Å². The van der Waals surface area contributed by atoms with Crippen LogP contribution >= 0.6 is 11.3 Å². The number of thiazole rings is 1. The molecule has 0 saturated carbocycles. The highest BCUT2D eigenvalue weighted by atomic mass is 32.1. The highest BCUT2D eigenvalue weighted by molar-refractivity contribution is 7.13. The number of methoxy groups -OCH3 is 3. The van der Waals surface area contributed by atoms with E-state index in [-0.39, 0.29) is 5.92 Å². The molecule has 5 nitrogen and oxygen atoms in total. The van der Waals surface area contributed by atoms with Gasteiger partial charge in [0.1, 0.15) is 5.75 Å². The Labute approximate surface area is 192 Å². The van der Waals surface area contributed by atoms with Gasteiger partial charge in [0, 0.05) is 11.3 Å². The topological polar surface area (TPSA) is 66.6 Å². The van der Waals surface area contributed by atoms with Crippen molar-refractivity contribution in [3.8, 4) is 28.4 Å². The summed E-state index contributed by atoms with van der Waals surface area (Å²) >= 11 is 1.47. The number of nitrogens with zero attached hydrogens (tertiary/aromatic N) is 1. The molecule has 1 heterocycles. The predicted octanol–water partition coefficient (Wildman–Crippen LogP) is 5.79. The van der Waals surface area contributed by atoms with E-state index >= 15 is 0 Å². The smallest absolute Gasteiger partial charge is 0.180 e. The maximum absolute atomic E-state index is 5.93. The van der Waals surface area contributed by atoms with Crippen LogP contribution in [0.1, 0.15) is 22.7 Å². The molecule has 0 saturated heterocycles. The van der Waals surface area contributed by atoms with Gasteiger partial charge in [0.25, 0.3) is 0 Å². The molecule has 1 atom stereocenters. The molecule has 1 aromatic heterocycles. The summed E-state index contributed by atoms with van der Waals surface area (Å²) in [6.07, 6.45) is 0.821. The number of aromatic nitrogens is 1. The normalized spacial score (nSPS) is 11.7. The minimum Gasteiger partial charge on any atom is -0.497 e. The van der Waals surface area contributed by atoms with Gasteiger partial charge in [-0.3, -0.25) is 0 Å². The Hall–Kier alpha value is -3.51. The van der Waals surface area contributed by atoms with Gasteiger partial charge < -0.3 is 19.9 Å². The SMILES string of the molecule is COc1ccc(C(Cc2ccc(-c3ccc(OC)c(OC)c3)cc2)c2csc(N)n2)cc1. The summed E-state index contributed by atoms with van der Waals surface area (Å²) in [7, 11) is 4.96. The average Bonchev–Trinajstić information content (AvgIpc) is 3.28. The van der Waals surface area contributed by atoms with Gasteiger partial charge in [-0.05, 0) is 52.9 Å². The standard InChI is InChI=1S/C26H26N2O3S/c1-29-21-11-8-19(9-12-21)22(23-16-32-26(27)28-23)14-17-4-6-18(7-5-17)20-10-13-24(30-2)25(15-20)31-3/h4-13,15-16,22H,14H2,1-3H3,(H2,27,28). The summed E-state index contributed by atoms with van der Waals surface area (Å²) in [6.45, 7) is 0. The molecule has 0 aliphatic heterocycles. The number of rotatable bonds is 8. The number of nitrogen functional groups attached to an aromatic ring is 1. The van der Waals surface area contributed by atoms with Crippen LogP contribution in [0.4, 0.5) is 5.13 Å². The lowest BCUT2D eigenvalue weighted by molar-refractivity contribution is 0.355. The van der Waals surface area contributed by atoms with Crippen molar-refractivity contribution >= 4 is 16.5 Å². The third-order valence-electron chi connectivity index (χ3n) is 5.53. The van der Waals surface area contributed by atoms with Gasteiger partial charge >= 0.3 is 0 Å². The summed E-state index contributed by atoms with van der Waals surface area (Å²) in [5.74, 6) is 2.39. The lowest BCUT2D eigenvalue weighted by atomic mass is 9.89. The maximum atomic E-state index is 5.93. The third kappa shape index (κ3) is 4.70. The van der Waals surface area contributed by atoms with E-state index in [9.17, 15) is 0 Å². The van der Waals surface area contributed by atoms with Crippen molar-refractivity contribution in [2.45, 2.75) is 12.3 Å². The van der Waals surface area contributed by atoms with Gasteiger partial charge in [-0.15, -0.1) is 11.3 Å². The molecule has 6 heteroatoms. The molecule has 4 rings (SSSR count). The molecule has 0 fully saturated rings. The number of anilines is 1. The van der Waals surface area contributed by atoms with E-state index in [1.807, 2.05) is 35.7 Å². The molecule has 0 amide bonds. The van der Waals surface area contributed by atoms with E-state index in [2.05, 4.69) is 41.4 Å². The number of hydrogen-bond donors (Lipinski definition) is 1. The lowest BCUT2D eigenvalue weighted by Crippen LogP contribution is -2.06. The van der Waals surface area contributed by atoms with E-state index < -0.39 is 0 Å². The molecule has 164 valence electrons. The summed E-state index contributed by atoms with van der Waals surface area (Å²) in [6, 6.07) is 22.7. The second-order valence-corrected chi connectivity index (χ2v) is 8.30. The van der Waals surface area contributed by atoms with E-state index in [1.165, 1.54) is 22.5 Å². The van der Waals surface area contributed by atoms with Gasteiger partial charge in [0.2, 0.25) is 0 Å². The Morgan fingerprint density at radius 1 is 0.812 bits per heavy atom. The molecular weight excluding hydrogens is 420 g/mol. The first-order valence-electron chi connectivity index (χ1n) is 10.3. The summed E-state index contributed by atoms with van der Waals surface area (Å²) < 4.78 is 16.1. The molecule has 3 aromatic carbocycles. The van der Waals surface area contributed by atoms with E-state index in [1.54, 1.807) is 21.3 Å². The highest BCUT2D eigenvalue weighted by Crippen LogP contribution is 2.34. The van der Waals surface area contributed by atoms with Crippen LogP contribution in [0.15, 0.2) is 72.1 Å². The second kappa shape index (κ2) is 9.75. The number of ether oxygens (including phenoxy) is 3. The molecular formula is C26H26N2O3S. The molecule has 0 radical (unpaired) electrons. The average molecular weight is 447 g/mol. The van der Waals surface area contributed by atoms with Crippen LogP contribution < -0.4 is 19.9 Å². The zero-order valence-corrected chi connectivity index (χ0v) is 19.2. The summed E-state index contributed by atoms with van der Waals surface area (Å²) in [5, 5.41) is 2.63. The fourth-order valence-electron chi connectivity index (χ4n) is 3.77. The summed E-state index contributed by atoms with van der Waals surface area (Å²) in [5.41, 5.74) is 11.5. The van der Waals surface area contributed by atoms with Crippen LogP contribution in [0.3, 0.4) is 0 Å². The van der Waals surface area contributed by atoms with Crippen molar-refractivity contribution in [3.05, 3.63) is 88.9 Å². The quantitative estimate of drug-likeness (QED) is 0.371. The van der Waals surface area contributed by atoms with Crippen LogP contribution in [-0.4, -0.2) is 26.3 Å². The Balaban J connectivity index is 1.60. The Kier molecular flexibility index (Phi) is 6.61. The van der Waals surface area contributed by atoms with E-state index in [0.717, 1.165) is 40.5 Å². The van der Waals surface area contributed by atoms with Gasteiger partial charge in [0.15, 0.2) is 16.6 Å². The molecule has 0 aliphatic rings. The molecule has 2 N–H and O–H groups in total. The molecule has 0 spiro atoms. The number of hydrogen-bond acceptors (Lipinski definition) is 6. The fourth-order valence-corrected chi connectivity index (χ4v) is 4.39. The first-order valence-corrected chi connectivity index (χ1v) is 11.2.